The molecule has 0 radical (unpaired) electrons. The molecule has 1 aliphatic carbocycles. The van der Waals surface area contributed by atoms with Crippen LogP contribution in [0.15, 0.2) is 0 Å². The molecule has 4 heteroatoms. The van der Waals surface area contributed by atoms with Gasteiger partial charge in [0, 0.05) is 13.1 Å². The predicted octanol–water partition coefficient (Wildman–Crippen LogP) is 2.10. The summed E-state index contributed by atoms with van der Waals surface area (Å²) < 4.78 is 0. The molecule has 1 unspecified atom stereocenters. The number of hydrogen-bond acceptors (Lipinski definition) is 2. The monoisotopic (exact) mass is 260 g/mol. The lowest BCUT2D eigenvalue weighted by atomic mass is 9.66. The van der Waals surface area contributed by atoms with Crippen LogP contribution in [0.25, 0.3) is 0 Å². The highest BCUT2D eigenvalue weighted by Gasteiger charge is 2.36. The summed E-state index contributed by atoms with van der Waals surface area (Å²) in [7, 11) is 0. The summed E-state index contributed by atoms with van der Waals surface area (Å²) in [6.07, 6.45) is 7.48. The van der Waals surface area contributed by atoms with Gasteiger partial charge in [0.2, 0.25) is 5.91 Å². The zero-order chi connectivity index (χ0) is 11.4. The van der Waals surface area contributed by atoms with Gasteiger partial charge in [-0.05, 0) is 37.6 Å². The first-order valence-corrected chi connectivity index (χ1v) is 6.74. The van der Waals surface area contributed by atoms with Gasteiger partial charge in [0.1, 0.15) is 0 Å². The number of carbonyl (C=O) groups is 1. The van der Waals surface area contributed by atoms with Crippen LogP contribution in [0.5, 0.6) is 0 Å². The van der Waals surface area contributed by atoms with Crippen molar-refractivity contribution in [2.24, 2.45) is 11.3 Å². The molecule has 1 saturated heterocycles. The maximum absolute atomic E-state index is 11.9. The molecule has 1 amide bonds. The third kappa shape index (κ3) is 3.59. The molecule has 1 heterocycles. The summed E-state index contributed by atoms with van der Waals surface area (Å²) in [5.74, 6) is 0.492. The van der Waals surface area contributed by atoms with Crippen LogP contribution in [0.4, 0.5) is 0 Å². The van der Waals surface area contributed by atoms with Crippen molar-refractivity contribution < 1.29 is 4.79 Å². The molecular weight excluding hydrogens is 236 g/mol. The second-order valence-electron chi connectivity index (χ2n) is 5.51. The van der Waals surface area contributed by atoms with Crippen LogP contribution >= 0.6 is 12.4 Å². The zero-order valence-electron chi connectivity index (χ0n) is 10.8. The third-order valence-corrected chi connectivity index (χ3v) is 4.26. The van der Waals surface area contributed by atoms with E-state index < -0.39 is 0 Å². The van der Waals surface area contributed by atoms with E-state index in [9.17, 15) is 4.79 Å². The van der Waals surface area contributed by atoms with Gasteiger partial charge in [-0.3, -0.25) is 4.79 Å². The normalized spacial score (nSPS) is 25.8. The van der Waals surface area contributed by atoms with E-state index in [1.165, 1.54) is 32.1 Å². The SMILES string of the molecule is CCCC1(CNC(=O)C2CCNC2)CCC1.Cl. The fourth-order valence-electron chi connectivity index (χ4n) is 3.02. The summed E-state index contributed by atoms with van der Waals surface area (Å²) in [5.41, 5.74) is 0.455. The third-order valence-electron chi connectivity index (χ3n) is 4.26. The number of halogens is 1. The smallest absolute Gasteiger partial charge is 0.224 e. The second-order valence-corrected chi connectivity index (χ2v) is 5.51. The summed E-state index contributed by atoms with van der Waals surface area (Å²) in [5, 5.41) is 6.42. The van der Waals surface area contributed by atoms with E-state index in [2.05, 4.69) is 17.6 Å². The minimum Gasteiger partial charge on any atom is -0.355 e. The van der Waals surface area contributed by atoms with Gasteiger partial charge in [-0.15, -0.1) is 12.4 Å². The lowest BCUT2D eigenvalue weighted by Crippen LogP contribution is -2.44. The van der Waals surface area contributed by atoms with Gasteiger partial charge < -0.3 is 10.6 Å². The molecule has 1 atom stereocenters. The van der Waals surface area contributed by atoms with Crippen LogP contribution in [-0.4, -0.2) is 25.5 Å². The van der Waals surface area contributed by atoms with Gasteiger partial charge in [0.05, 0.1) is 5.92 Å². The van der Waals surface area contributed by atoms with Gasteiger partial charge >= 0.3 is 0 Å². The van der Waals surface area contributed by atoms with Crippen LogP contribution in [0.2, 0.25) is 0 Å². The molecule has 0 aromatic heterocycles. The van der Waals surface area contributed by atoms with E-state index in [0.29, 0.717) is 5.41 Å². The van der Waals surface area contributed by atoms with Crippen molar-refractivity contribution in [1.82, 2.24) is 10.6 Å². The number of rotatable bonds is 5. The molecule has 3 nitrogen and oxygen atoms in total. The molecule has 2 rings (SSSR count). The first kappa shape index (κ1) is 14.8. The first-order valence-electron chi connectivity index (χ1n) is 6.74. The highest BCUT2D eigenvalue weighted by Crippen LogP contribution is 2.44. The maximum Gasteiger partial charge on any atom is 0.224 e. The lowest BCUT2D eigenvalue weighted by molar-refractivity contribution is -0.125. The molecule has 0 aromatic rings. The van der Waals surface area contributed by atoms with Crippen molar-refractivity contribution in [2.75, 3.05) is 19.6 Å². The Morgan fingerprint density at radius 3 is 2.71 bits per heavy atom. The molecule has 0 aromatic carbocycles. The summed E-state index contributed by atoms with van der Waals surface area (Å²) >= 11 is 0. The van der Waals surface area contributed by atoms with E-state index in [1.54, 1.807) is 0 Å². The van der Waals surface area contributed by atoms with Crippen molar-refractivity contribution in [2.45, 2.75) is 45.4 Å². The highest BCUT2D eigenvalue weighted by molar-refractivity contribution is 5.85. The molecule has 1 aliphatic heterocycles. The molecule has 1 saturated carbocycles. The van der Waals surface area contributed by atoms with Crippen LogP contribution in [0, 0.1) is 11.3 Å². The molecular formula is C13H25ClN2O. The number of amides is 1. The fraction of sp³-hybridized carbons (Fsp3) is 0.923. The van der Waals surface area contributed by atoms with Crippen molar-refractivity contribution in [3.63, 3.8) is 0 Å². The second kappa shape index (κ2) is 6.60. The lowest BCUT2D eigenvalue weighted by Gasteiger charge is -2.42. The van der Waals surface area contributed by atoms with E-state index in [4.69, 9.17) is 0 Å². The van der Waals surface area contributed by atoms with Gasteiger partial charge in [0.15, 0.2) is 0 Å². The van der Waals surface area contributed by atoms with E-state index >= 15 is 0 Å². The van der Waals surface area contributed by atoms with E-state index in [1.807, 2.05) is 0 Å². The quantitative estimate of drug-likeness (QED) is 0.795. The maximum atomic E-state index is 11.9. The summed E-state index contributed by atoms with van der Waals surface area (Å²) in [4.78, 5) is 11.9. The average Bonchev–Trinajstić information content (AvgIpc) is 2.74. The number of carbonyl (C=O) groups excluding carboxylic acids is 1. The van der Waals surface area contributed by atoms with Gasteiger partial charge in [-0.25, -0.2) is 0 Å². The molecule has 2 fully saturated rings. The Morgan fingerprint density at radius 2 is 2.24 bits per heavy atom. The molecule has 0 bridgehead atoms. The largest absolute Gasteiger partial charge is 0.355 e. The van der Waals surface area contributed by atoms with E-state index in [0.717, 1.165) is 26.1 Å². The fourth-order valence-corrected chi connectivity index (χ4v) is 3.02. The zero-order valence-corrected chi connectivity index (χ0v) is 11.6. The highest BCUT2D eigenvalue weighted by atomic mass is 35.5. The van der Waals surface area contributed by atoms with Crippen LogP contribution in [-0.2, 0) is 4.79 Å². The van der Waals surface area contributed by atoms with Crippen molar-refractivity contribution >= 4 is 18.3 Å². The standard InChI is InChI=1S/C13H24N2O.ClH/c1-2-5-13(6-3-7-13)10-15-12(16)11-4-8-14-9-11;/h11,14H,2-10H2,1H3,(H,15,16);1H. The topological polar surface area (TPSA) is 41.1 Å². The van der Waals surface area contributed by atoms with Crippen LogP contribution < -0.4 is 10.6 Å². The minimum atomic E-state index is 0. The Hall–Kier alpha value is -0.280. The summed E-state index contributed by atoms with van der Waals surface area (Å²) in [6.45, 7) is 5.02. The Kier molecular flexibility index (Phi) is 5.74. The molecule has 100 valence electrons. The van der Waals surface area contributed by atoms with Crippen molar-refractivity contribution in [3.05, 3.63) is 0 Å². The van der Waals surface area contributed by atoms with Gasteiger partial charge in [0.25, 0.3) is 0 Å². The van der Waals surface area contributed by atoms with Crippen LogP contribution in [0.1, 0.15) is 45.4 Å². The average molecular weight is 261 g/mol. The van der Waals surface area contributed by atoms with Crippen molar-refractivity contribution in [1.29, 1.82) is 0 Å². The molecule has 0 spiro atoms. The minimum absolute atomic E-state index is 0. The Labute approximate surface area is 111 Å². The molecule has 17 heavy (non-hydrogen) atoms. The predicted molar refractivity (Wildman–Crippen MR) is 72.4 cm³/mol. The first-order chi connectivity index (χ1) is 7.76. The van der Waals surface area contributed by atoms with Gasteiger partial charge in [-0.1, -0.05) is 19.8 Å². The Bertz CT molecular complexity index is 248. The van der Waals surface area contributed by atoms with Crippen molar-refractivity contribution in [3.8, 4) is 0 Å². The summed E-state index contributed by atoms with van der Waals surface area (Å²) in [6, 6.07) is 0. The Morgan fingerprint density at radius 1 is 1.47 bits per heavy atom. The molecule has 2 aliphatic rings. The van der Waals surface area contributed by atoms with Gasteiger partial charge in [-0.2, -0.15) is 0 Å². The van der Waals surface area contributed by atoms with Crippen LogP contribution in [0.3, 0.4) is 0 Å². The van der Waals surface area contributed by atoms with E-state index in [-0.39, 0.29) is 24.2 Å². The number of hydrogen-bond donors (Lipinski definition) is 2. The molecule has 2 N–H and O–H groups in total. The Balaban J connectivity index is 0.00000144. The number of nitrogens with one attached hydrogen (secondary N) is 2.